The smallest absolute Gasteiger partial charge is 0.260 e. The van der Waals surface area contributed by atoms with Crippen molar-refractivity contribution in [3.8, 4) is 11.1 Å². The third-order valence-electron chi connectivity index (χ3n) is 5.89. The molecule has 0 bridgehead atoms. The fourth-order valence-corrected chi connectivity index (χ4v) is 5.12. The van der Waals surface area contributed by atoms with Crippen LogP contribution in [0.2, 0.25) is 0 Å². The van der Waals surface area contributed by atoms with Gasteiger partial charge in [0.05, 0.1) is 11.3 Å². The molecule has 0 spiro atoms. The zero-order chi connectivity index (χ0) is 22.1. The van der Waals surface area contributed by atoms with Crippen molar-refractivity contribution >= 4 is 21.6 Å². The molecule has 4 heteroatoms. The van der Waals surface area contributed by atoms with Crippen molar-refractivity contribution < 1.29 is 0 Å². The molecule has 0 aliphatic carbocycles. The van der Waals surface area contributed by atoms with Gasteiger partial charge in [0.15, 0.2) is 0 Å². The normalized spacial score (nSPS) is 11.5. The molecule has 0 radical (unpaired) electrons. The summed E-state index contributed by atoms with van der Waals surface area (Å²) >= 11 is 1.52. The lowest BCUT2D eigenvalue weighted by atomic mass is 9.90. The first-order chi connectivity index (χ1) is 15.6. The summed E-state index contributed by atoms with van der Waals surface area (Å²) in [4.78, 5) is 22.1. The Labute approximate surface area is 191 Å². The predicted molar refractivity (Wildman–Crippen MR) is 134 cm³/mol. The Balaban J connectivity index is 1.64. The van der Waals surface area contributed by atoms with E-state index in [4.69, 9.17) is 4.98 Å². The van der Waals surface area contributed by atoms with Gasteiger partial charge in [0.2, 0.25) is 0 Å². The molecule has 0 saturated carbocycles. The third kappa shape index (κ3) is 3.78. The van der Waals surface area contributed by atoms with Crippen LogP contribution in [0, 0.1) is 0 Å². The van der Waals surface area contributed by atoms with Gasteiger partial charge in [-0.1, -0.05) is 98.8 Å². The minimum absolute atomic E-state index is 0.0916. The lowest BCUT2D eigenvalue weighted by Crippen LogP contribution is -2.16. The van der Waals surface area contributed by atoms with Gasteiger partial charge in [-0.15, -0.1) is 11.3 Å². The molecular weight excluding hydrogens is 412 g/mol. The van der Waals surface area contributed by atoms with Crippen molar-refractivity contribution in [2.24, 2.45) is 0 Å². The molecular formula is C28H24N2OS. The second-order valence-corrected chi connectivity index (χ2v) is 9.17. The molecule has 3 aromatic carbocycles. The fraction of sp³-hybridized carbons (Fsp3) is 0.143. The van der Waals surface area contributed by atoms with Crippen LogP contribution in [0.4, 0.5) is 0 Å². The second kappa shape index (κ2) is 8.56. The summed E-state index contributed by atoms with van der Waals surface area (Å²) in [5.74, 6) is 1.01. The maximum Gasteiger partial charge on any atom is 0.260 e. The number of aromatic amines is 1. The number of nitrogens with zero attached hydrogens (tertiary/aromatic N) is 1. The number of aromatic nitrogens is 2. The van der Waals surface area contributed by atoms with Gasteiger partial charge in [0, 0.05) is 10.9 Å². The minimum Gasteiger partial charge on any atom is -0.309 e. The first kappa shape index (κ1) is 20.4. The number of rotatable bonds is 5. The van der Waals surface area contributed by atoms with E-state index in [0.717, 1.165) is 27.1 Å². The Kier molecular flexibility index (Phi) is 5.46. The van der Waals surface area contributed by atoms with Crippen LogP contribution in [0.1, 0.15) is 48.2 Å². The van der Waals surface area contributed by atoms with Crippen molar-refractivity contribution in [3.05, 3.63) is 123 Å². The highest BCUT2D eigenvalue weighted by atomic mass is 32.1. The van der Waals surface area contributed by atoms with Crippen molar-refractivity contribution in [1.29, 1.82) is 0 Å². The summed E-state index contributed by atoms with van der Waals surface area (Å²) in [5.41, 5.74) is 5.38. The molecule has 0 amide bonds. The van der Waals surface area contributed by atoms with E-state index in [1.54, 1.807) is 0 Å². The van der Waals surface area contributed by atoms with Gasteiger partial charge in [0.25, 0.3) is 5.56 Å². The highest BCUT2D eigenvalue weighted by Crippen LogP contribution is 2.34. The van der Waals surface area contributed by atoms with Gasteiger partial charge < -0.3 is 4.98 Å². The average molecular weight is 437 g/mol. The third-order valence-corrected chi connectivity index (χ3v) is 6.76. The molecule has 0 aliphatic rings. The maximum absolute atomic E-state index is 13.3. The minimum atomic E-state index is -0.134. The lowest BCUT2D eigenvalue weighted by molar-refractivity contribution is 0.860. The molecule has 158 valence electrons. The van der Waals surface area contributed by atoms with Crippen LogP contribution in [0.25, 0.3) is 21.3 Å². The highest BCUT2D eigenvalue weighted by Gasteiger charge is 2.21. The summed E-state index contributed by atoms with van der Waals surface area (Å²) in [6, 6.07) is 28.9. The van der Waals surface area contributed by atoms with E-state index < -0.39 is 0 Å². The van der Waals surface area contributed by atoms with Gasteiger partial charge in [-0.25, -0.2) is 4.98 Å². The monoisotopic (exact) mass is 436 g/mol. The van der Waals surface area contributed by atoms with Gasteiger partial charge in [-0.2, -0.15) is 0 Å². The number of thiophene rings is 1. The van der Waals surface area contributed by atoms with Crippen LogP contribution in [0.5, 0.6) is 0 Å². The maximum atomic E-state index is 13.3. The predicted octanol–water partition coefficient (Wildman–Crippen LogP) is 6.96. The Morgan fingerprint density at radius 1 is 0.781 bits per heavy atom. The summed E-state index contributed by atoms with van der Waals surface area (Å²) in [5, 5.41) is 2.71. The van der Waals surface area contributed by atoms with Gasteiger partial charge in [-0.05, 0) is 28.2 Å². The van der Waals surface area contributed by atoms with Crippen LogP contribution in [-0.2, 0) is 0 Å². The van der Waals surface area contributed by atoms with E-state index in [9.17, 15) is 4.79 Å². The summed E-state index contributed by atoms with van der Waals surface area (Å²) in [7, 11) is 0. The average Bonchev–Trinajstić information content (AvgIpc) is 3.25. The Morgan fingerprint density at radius 2 is 1.38 bits per heavy atom. The van der Waals surface area contributed by atoms with E-state index in [2.05, 4.69) is 67.4 Å². The van der Waals surface area contributed by atoms with Crippen LogP contribution in [0.15, 0.2) is 95.1 Å². The van der Waals surface area contributed by atoms with Crippen molar-refractivity contribution in [2.75, 3.05) is 0 Å². The zero-order valence-electron chi connectivity index (χ0n) is 18.1. The van der Waals surface area contributed by atoms with E-state index in [0.29, 0.717) is 17.1 Å². The first-order valence-corrected chi connectivity index (χ1v) is 11.7. The molecule has 0 fully saturated rings. The molecule has 1 N–H and O–H groups in total. The molecule has 0 saturated heterocycles. The van der Waals surface area contributed by atoms with E-state index in [1.807, 2.05) is 41.8 Å². The van der Waals surface area contributed by atoms with E-state index in [-0.39, 0.29) is 11.5 Å². The standard InChI is InChI=1S/C28H24N2OS/c1-18(2)19-13-15-20(16-14-19)23-17-32-28-25(23)27(31)29-26(30-28)24(21-9-5-3-6-10-21)22-11-7-4-8-12-22/h3-18,24H,1-2H3,(H,29,30,31). The summed E-state index contributed by atoms with van der Waals surface area (Å²) in [6.07, 6.45) is 0. The number of hydrogen-bond acceptors (Lipinski definition) is 3. The molecule has 2 aromatic heterocycles. The van der Waals surface area contributed by atoms with Crippen molar-refractivity contribution in [3.63, 3.8) is 0 Å². The molecule has 0 atom stereocenters. The largest absolute Gasteiger partial charge is 0.309 e. The van der Waals surface area contributed by atoms with Crippen LogP contribution >= 0.6 is 11.3 Å². The SMILES string of the molecule is CC(C)c1ccc(-c2csc3nc(C(c4ccccc4)c4ccccc4)[nH]c(=O)c23)cc1. The van der Waals surface area contributed by atoms with E-state index >= 15 is 0 Å². The number of nitrogens with one attached hydrogen (secondary N) is 1. The number of H-pyrrole nitrogens is 1. The fourth-order valence-electron chi connectivity index (χ4n) is 4.16. The Bertz CT molecular complexity index is 1360. The highest BCUT2D eigenvalue weighted by molar-refractivity contribution is 7.17. The summed E-state index contributed by atoms with van der Waals surface area (Å²) < 4.78 is 0. The topological polar surface area (TPSA) is 45.8 Å². The molecule has 5 rings (SSSR count). The molecule has 2 heterocycles. The number of benzene rings is 3. The van der Waals surface area contributed by atoms with E-state index in [1.165, 1.54) is 16.9 Å². The quantitative estimate of drug-likeness (QED) is 0.324. The molecule has 0 unspecified atom stereocenters. The number of fused-ring (bicyclic) bond motifs is 1. The molecule has 5 aromatic rings. The van der Waals surface area contributed by atoms with Gasteiger partial charge >= 0.3 is 0 Å². The van der Waals surface area contributed by atoms with Crippen molar-refractivity contribution in [1.82, 2.24) is 9.97 Å². The summed E-state index contributed by atoms with van der Waals surface area (Å²) in [6.45, 7) is 4.36. The van der Waals surface area contributed by atoms with Crippen LogP contribution in [0.3, 0.4) is 0 Å². The van der Waals surface area contributed by atoms with Crippen molar-refractivity contribution in [2.45, 2.75) is 25.7 Å². The molecule has 0 aliphatic heterocycles. The van der Waals surface area contributed by atoms with Gasteiger partial charge in [-0.3, -0.25) is 4.79 Å². The molecule has 3 nitrogen and oxygen atoms in total. The van der Waals surface area contributed by atoms with Gasteiger partial charge in [0.1, 0.15) is 10.7 Å². The first-order valence-electron chi connectivity index (χ1n) is 10.8. The Morgan fingerprint density at radius 3 is 1.94 bits per heavy atom. The zero-order valence-corrected chi connectivity index (χ0v) is 18.9. The number of hydrogen-bond donors (Lipinski definition) is 1. The second-order valence-electron chi connectivity index (χ2n) is 8.31. The van der Waals surface area contributed by atoms with Crippen LogP contribution in [-0.4, -0.2) is 9.97 Å². The Hall–Kier alpha value is -3.50. The lowest BCUT2D eigenvalue weighted by Gasteiger charge is -2.17. The van der Waals surface area contributed by atoms with Crippen LogP contribution < -0.4 is 5.56 Å². The molecule has 32 heavy (non-hydrogen) atoms.